The number of nitrogens with one attached hydrogen (secondary N) is 1. The highest BCUT2D eigenvalue weighted by molar-refractivity contribution is 7.89. The van der Waals surface area contributed by atoms with Gasteiger partial charge in [0.1, 0.15) is 5.82 Å². The lowest BCUT2D eigenvalue weighted by molar-refractivity contribution is 0.310. The van der Waals surface area contributed by atoms with E-state index < -0.39 is 15.8 Å². The van der Waals surface area contributed by atoms with Crippen LogP contribution in [0.3, 0.4) is 0 Å². The van der Waals surface area contributed by atoms with Crippen LogP contribution in [0.4, 0.5) is 4.39 Å². The molecule has 0 spiro atoms. The molecule has 2 rings (SSSR count). The van der Waals surface area contributed by atoms with Crippen molar-refractivity contribution in [3.8, 4) is 0 Å². The van der Waals surface area contributed by atoms with Gasteiger partial charge in [-0.05, 0) is 37.0 Å². The van der Waals surface area contributed by atoms with Gasteiger partial charge in [0.05, 0.1) is 4.90 Å². The first-order valence-electron chi connectivity index (χ1n) is 6.27. The van der Waals surface area contributed by atoms with Crippen molar-refractivity contribution < 1.29 is 12.8 Å². The first-order chi connectivity index (χ1) is 8.49. The van der Waals surface area contributed by atoms with Crippen molar-refractivity contribution in [2.45, 2.75) is 43.5 Å². The van der Waals surface area contributed by atoms with Gasteiger partial charge in [0, 0.05) is 6.04 Å². The second-order valence-electron chi connectivity index (χ2n) is 4.95. The van der Waals surface area contributed by atoms with Gasteiger partial charge in [-0.3, -0.25) is 0 Å². The largest absolute Gasteiger partial charge is 0.240 e. The molecule has 1 fully saturated rings. The Hall–Kier alpha value is -0.940. The molecule has 0 amide bonds. The number of hydrogen-bond donors (Lipinski definition) is 1. The summed E-state index contributed by atoms with van der Waals surface area (Å²) < 4.78 is 40.0. The molecular formula is C13H18FNO2S. The van der Waals surface area contributed by atoms with Gasteiger partial charge in [0.25, 0.3) is 0 Å². The molecule has 0 aliphatic heterocycles. The molecule has 1 saturated carbocycles. The minimum absolute atomic E-state index is 0.000253. The molecule has 2 atom stereocenters. The van der Waals surface area contributed by atoms with Crippen molar-refractivity contribution >= 4 is 10.0 Å². The molecule has 0 heterocycles. The fourth-order valence-corrected chi connectivity index (χ4v) is 3.80. The average Bonchev–Trinajstić information content (AvgIpc) is 2.32. The van der Waals surface area contributed by atoms with Gasteiger partial charge in [-0.25, -0.2) is 17.5 Å². The predicted molar refractivity (Wildman–Crippen MR) is 68.1 cm³/mol. The molecule has 1 aliphatic carbocycles. The Morgan fingerprint density at radius 1 is 1.28 bits per heavy atom. The lowest BCUT2D eigenvalue weighted by Crippen LogP contribution is -2.40. The molecule has 1 aromatic carbocycles. The zero-order chi connectivity index (χ0) is 13.2. The molecule has 1 aliphatic rings. The summed E-state index contributed by atoms with van der Waals surface area (Å²) in [6.07, 6.45) is 4.09. The van der Waals surface area contributed by atoms with Crippen LogP contribution in [0, 0.1) is 11.7 Å². The fourth-order valence-electron chi connectivity index (χ4n) is 2.39. The number of rotatable bonds is 3. The highest BCUT2D eigenvalue weighted by Crippen LogP contribution is 2.25. The molecule has 0 saturated heterocycles. The average molecular weight is 271 g/mol. The Kier molecular flexibility index (Phi) is 4.02. The van der Waals surface area contributed by atoms with Crippen LogP contribution in [0.5, 0.6) is 0 Å². The van der Waals surface area contributed by atoms with E-state index >= 15 is 0 Å². The van der Waals surface area contributed by atoms with Crippen molar-refractivity contribution in [2.24, 2.45) is 5.92 Å². The normalized spacial score (nSPS) is 25.0. The van der Waals surface area contributed by atoms with E-state index in [1.807, 2.05) is 0 Å². The number of halogens is 1. The highest BCUT2D eigenvalue weighted by Gasteiger charge is 2.26. The molecule has 0 aromatic heterocycles. The minimum Gasteiger partial charge on any atom is -0.208 e. The minimum atomic E-state index is -3.61. The van der Waals surface area contributed by atoms with E-state index in [2.05, 4.69) is 11.6 Å². The van der Waals surface area contributed by atoms with E-state index in [1.165, 1.54) is 18.2 Å². The number of sulfonamides is 1. The zero-order valence-electron chi connectivity index (χ0n) is 10.4. The maximum Gasteiger partial charge on any atom is 0.240 e. The van der Waals surface area contributed by atoms with Crippen molar-refractivity contribution in [1.29, 1.82) is 0 Å². The van der Waals surface area contributed by atoms with Crippen molar-refractivity contribution in [3.05, 3.63) is 30.1 Å². The Labute approximate surface area is 107 Å². The first-order valence-corrected chi connectivity index (χ1v) is 7.75. The van der Waals surface area contributed by atoms with Crippen LogP contribution in [0.25, 0.3) is 0 Å². The zero-order valence-corrected chi connectivity index (χ0v) is 11.2. The molecule has 0 unspecified atom stereocenters. The third-order valence-corrected chi connectivity index (χ3v) is 5.01. The lowest BCUT2D eigenvalue weighted by Gasteiger charge is -2.29. The lowest BCUT2D eigenvalue weighted by atomic mass is 9.87. The summed E-state index contributed by atoms with van der Waals surface area (Å²) in [4.78, 5) is 0.000253. The molecule has 18 heavy (non-hydrogen) atoms. The summed E-state index contributed by atoms with van der Waals surface area (Å²) in [6.45, 7) is 2.05. The Morgan fingerprint density at radius 2 is 2.00 bits per heavy atom. The summed E-state index contributed by atoms with van der Waals surface area (Å²) in [5.74, 6) is -0.198. The van der Waals surface area contributed by atoms with Crippen LogP contribution >= 0.6 is 0 Å². The molecule has 1 aromatic rings. The molecule has 3 nitrogen and oxygen atoms in total. The van der Waals surface area contributed by atoms with Gasteiger partial charge >= 0.3 is 0 Å². The van der Waals surface area contributed by atoms with Crippen LogP contribution in [-0.2, 0) is 10.0 Å². The molecular weight excluding hydrogens is 253 g/mol. The van der Waals surface area contributed by atoms with Crippen LogP contribution in [0.1, 0.15) is 32.6 Å². The third-order valence-electron chi connectivity index (χ3n) is 3.52. The van der Waals surface area contributed by atoms with Gasteiger partial charge in [-0.1, -0.05) is 25.8 Å². The van der Waals surface area contributed by atoms with E-state index in [1.54, 1.807) is 0 Å². The topological polar surface area (TPSA) is 46.2 Å². The van der Waals surface area contributed by atoms with E-state index in [0.717, 1.165) is 31.7 Å². The van der Waals surface area contributed by atoms with Gasteiger partial charge in [0.2, 0.25) is 10.0 Å². The van der Waals surface area contributed by atoms with E-state index in [4.69, 9.17) is 0 Å². The quantitative estimate of drug-likeness (QED) is 0.918. The van der Waals surface area contributed by atoms with Crippen LogP contribution in [0.15, 0.2) is 29.2 Å². The first kappa shape index (κ1) is 13.5. The standard InChI is InChI=1S/C13H18FNO2S/c1-10-5-2-3-8-13(10)15-18(16,17)12-7-4-6-11(14)9-12/h4,6-7,9-10,13,15H,2-3,5,8H2,1H3/t10-,13-/m0/s1. The maximum absolute atomic E-state index is 13.1. The van der Waals surface area contributed by atoms with Crippen LogP contribution in [-0.4, -0.2) is 14.5 Å². The van der Waals surface area contributed by atoms with Gasteiger partial charge in [-0.15, -0.1) is 0 Å². The summed E-state index contributed by atoms with van der Waals surface area (Å²) in [7, 11) is -3.61. The smallest absolute Gasteiger partial charge is 0.208 e. The summed E-state index contributed by atoms with van der Waals surface area (Å²) >= 11 is 0. The van der Waals surface area contributed by atoms with Gasteiger partial charge in [-0.2, -0.15) is 0 Å². The van der Waals surface area contributed by atoms with E-state index in [9.17, 15) is 12.8 Å². The second kappa shape index (κ2) is 5.36. The van der Waals surface area contributed by atoms with Crippen molar-refractivity contribution in [2.75, 3.05) is 0 Å². The highest BCUT2D eigenvalue weighted by atomic mass is 32.2. The van der Waals surface area contributed by atoms with Gasteiger partial charge < -0.3 is 0 Å². The molecule has 0 radical (unpaired) electrons. The molecule has 0 bridgehead atoms. The molecule has 5 heteroatoms. The molecule has 100 valence electrons. The Balaban J connectivity index is 2.16. The predicted octanol–water partition coefficient (Wildman–Crippen LogP) is 2.68. The molecule has 1 N–H and O–H groups in total. The number of benzene rings is 1. The maximum atomic E-state index is 13.1. The number of hydrogen-bond acceptors (Lipinski definition) is 2. The summed E-state index contributed by atoms with van der Waals surface area (Å²) in [5.41, 5.74) is 0. The van der Waals surface area contributed by atoms with Crippen LogP contribution in [0.2, 0.25) is 0 Å². The monoisotopic (exact) mass is 271 g/mol. The van der Waals surface area contributed by atoms with E-state index in [0.29, 0.717) is 5.92 Å². The summed E-state index contributed by atoms with van der Waals surface area (Å²) in [5, 5.41) is 0. The van der Waals surface area contributed by atoms with E-state index in [-0.39, 0.29) is 10.9 Å². The summed E-state index contributed by atoms with van der Waals surface area (Å²) in [6, 6.07) is 5.08. The third kappa shape index (κ3) is 3.09. The Morgan fingerprint density at radius 3 is 2.67 bits per heavy atom. The Bertz CT molecular complexity index is 515. The van der Waals surface area contributed by atoms with Crippen molar-refractivity contribution in [3.63, 3.8) is 0 Å². The van der Waals surface area contributed by atoms with Crippen LogP contribution < -0.4 is 4.72 Å². The second-order valence-corrected chi connectivity index (χ2v) is 6.66. The fraction of sp³-hybridized carbons (Fsp3) is 0.538. The van der Waals surface area contributed by atoms with Gasteiger partial charge in [0.15, 0.2) is 0 Å². The SMILES string of the molecule is C[C@H]1CCCC[C@@H]1NS(=O)(=O)c1cccc(F)c1. The van der Waals surface area contributed by atoms with Crippen molar-refractivity contribution in [1.82, 2.24) is 4.72 Å².